The van der Waals surface area contributed by atoms with E-state index in [1.54, 1.807) is 54.4 Å². The Hall–Kier alpha value is -3.75. The number of aliphatic hydroxyl groups is 1. The number of nitrogens with zero attached hydrogens (tertiary/aromatic N) is 2. The first kappa shape index (κ1) is 26.3. The van der Waals surface area contributed by atoms with Crippen molar-refractivity contribution in [2.24, 2.45) is 5.73 Å². The normalized spacial score (nSPS) is 16.7. The van der Waals surface area contributed by atoms with Crippen LogP contribution in [-0.2, 0) is 9.59 Å². The second kappa shape index (κ2) is 11.5. The summed E-state index contributed by atoms with van der Waals surface area (Å²) >= 11 is 6.11. The van der Waals surface area contributed by atoms with Crippen LogP contribution in [0.15, 0.2) is 66.9 Å². The molecular formula is C28H29ClN4O4. The molecule has 1 saturated heterocycles. The lowest BCUT2D eigenvalue weighted by atomic mass is 10.00. The Morgan fingerprint density at radius 1 is 1.16 bits per heavy atom. The van der Waals surface area contributed by atoms with Gasteiger partial charge in [-0.2, -0.15) is 0 Å². The van der Waals surface area contributed by atoms with Crippen LogP contribution in [0.4, 0.5) is 0 Å². The molecule has 0 saturated carbocycles. The third kappa shape index (κ3) is 6.15. The van der Waals surface area contributed by atoms with Crippen molar-refractivity contribution in [2.75, 3.05) is 6.54 Å². The lowest BCUT2D eigenvalue weighted by molar-refractivity contribution is -0.144. The molecule has 3 amide bonds. The fourth-order valence-corrected chi connectivity index (χ4v) is 4.89. The molecule has 4 rings (SSSR count). The highest BCUT2D eigenvalue weighted by Gasteiger charge is 2.34. The van der Waals surface area contributed by atoms with E-state index in [2.05, 4.69) is 10.3 Å². The molecule has 3 aromatic rings. The summed E-state index contributed by atoms with van der Waals surface area (Å²) in [5, 5.41) is 13.9. The van der Waals surface area contributed by atoms with E-state index in [-0.39, 0.29) is 12.5 Å². The Morgan fingerprint density at radius 3 is 2.65 bits per heavy atom. The summed E-state index contributed by atoms with van der Waals surface area (Å²) in [6, 6.07) is 17.2. The zero-order chi connectivity index (χ0) is 26.5. The molecule has 8 nitrogen and oxygen atoms in total. The number of aromatic nitrogens is 1. The van der Waals surface area contributed by atoms with Gasteiger partial charge in [0.15, 0.2) is 0 Å². The average molecular weight is 521 g/mol. The minimum absolute atomic E-state index is 0.176. The van der Waals surface area contributed by atoms with Crippen molar-refractivity contribution in [3.8, 4) is 11.1 Å². The number of hydrogen-bond acceptors (Lipinski definition) is 5. The number of carbonyl (C=O) groups is 3. The number of rotatable bonds is 8. The molecular weight excluding hydrogens is 492 g/mol. The van der Waals surface area contributed by atoms with E-state index in [1.807, 2.05) is 24.3 Å². The fourth-order valence-electron chi connectivity index (χ4n) is 4.69. The van der Waals surface area contributed by atoms with E-state index >= 15 is 0 Å². The number of primary amides is 1. The molecule has 2 unspecified atom stereocenters. The number of nitrogens with two attached hydrogens (primary N) is 1. The van der Waals surface area contributed by atoms with Crippen LogP contribution in [0.5, 0.6) is 0 Å². The van der Waals surface area contributed by atoms with E-state index in [0.717, 1.165) is 24.0 Å². The predicted octanol–water partition coefficient (Wildman–Crippen LogP) is 3.79. The Morgan fingerprint density at radius 2 is 1.95 bits per heavy atom. The van der Waals surface area contributed by atoms with Crippen molar-refractivity contribution >= 4 is 29.3 Å². The van der Waals surface area contributed by atoms with E-state index in [4.69, 9.17) is 17.3 Å². The van der Waals surface area contributed by atoms with Crippen LogP contribution < -0.4 is 11.1 Å². The number of halogens is 1. The number of aliphatic hydroxyl groups excluding tert-OH is 1. The maximum Gasteiger partial charge on any atom is 0.252 e. The van der Waals surface area contributed by atoms with Gasteiger partial charge in [-0.15, -0.1) is 0 Å². The zero-order valence-electron chi connectivity index (χ0n) is 20.4. The molecule has 1 aromatic heterocycles. The standard InChI is InChI=1S/C28H29ClN4O4/c1-17(23-12-11-19(16-31-23)21-8-2-3-9-22(21)27(30)36)32-26(35)15-25(34)28(37)33-13-5-10-24(33)18-6-4-7-20(29)14-18/h2-4,6-9,11-12,14,16-17,24-25,34H,5,10,13,15H2,1H3,(H2,30,36)(H,32,35)/t17?,24?,25-/m1/s1. The average Bonchev–Trinajstić information content (AvgIpc) is 3.38. The Bertz CT molecular complexity index is 1300. The second-order valence-corrected chi connectivity index (χ2v) is 9.57. The Labute approximate surface area is 220 Å². The van der Waals surface area contributed by atoms with Gasteiger partial charge in [-0.05, 0) is 55.2 Å². The first-order chi connectivity index (χ1) is 17.7. The smallest absolute Gasteiger partial charge is 0.252 e. The molecule has 9 heteroatoms. The predicted molar refractivity (Wildman–Crippen MR) is 141 cm³/mol. The second-order valence-electron chi connectivity index (χ2n) is 9.14. The molecule has 0 bridgehead atoms. The van der Waals surface area contributed by atoms with Crippen LogP contribution in [-0.4, -0.2) is 45.4 Å². The number of amides is 3. The van der Waals surface area contributed by atoms with Crippen LogP contribution in [0.1, 0.15) is 59.9 Å². The van der Waals surface area contributed by atoms with Gasteiger partial charge in [0.05, 0.1) is 24.2 Å². The molecule has 0 spiro atoms. The van der Waals surface area contributed by atoms with E-state index in [9.17, 15) is 19.5 Å². The molecule has 1 aliphatic rings. The number of benzene rings is 2. The molecule has 1 aliphatic heterocycles. The summed E-state index contributed by atoms with van der Waals surface area (Å²) in [6.07, 6.45) is 1.39. The van der Waals surface area contributed by atoms with Gasteiger partial charge in [-0.25, -0.2) is 0 Å². The summed E-state index contributed by atoms with van der Waals surface area (Å²) < 4.78 is 0. The van der Waals surface area contributed by atoms with Crippen molar-refractivity contribution in [1.29, 1.82) is 0 Å². The highest BCUT2D eigenvalue weighted by molar-refractivity contribution is 6.30. The third-order valence-corrected chi connectivity index (χ3v) is 6.78. The van der Waals surface area contributed by atoms with Crippen LogP contribution >= 0.6 is 11.6 Å². The van der Waals surface area contributed by atoms with Crippen molar-refractivity contribution < 1.29 is 19.5 Å². The first-order valence-electron chi connectivity index (χ1n) is 12.1. The van der Waals surface area contributed by atoms with Crippen LogP contribution in [0, 0.1) is 0 Å². The van der Waals surface area contributed by atoms with Crippen molar-refractivity contribution in [3.05, 3.63) is 88.7 Å². The van der Waals surface area contributed by atoms with Crippen LogP contribution in [0.3, 0.4) is 0 Å². The zero-order valence-corrected chi connectivity index (χ0v) is 21.2. The molecule has 2 aromatic carbocycles. The fraction of sp³-hybridized carbons (Fsp3) is 0.286. The van der Waals surface area contributed by atoms with E-state index in [1.165, 1.54) is 0 Å². The monoisotopic (exact) mass is 520 g/mol. The molecule has 4 N–H and O–H groups in total. The first-order valence-corrected chi connectivity index (χ1v) is 12.5. The van der Waals surface area contributed by atoms with Gasteiger partial charge >= 0.3 is 0 Å². The number of pyridine rings is 1. The van der Waals surface area contributed by atoms with Crippen molar-refractivity contribution in [3.63, 3.8) is 0 Å². The van der Waals surface area contributed by atoms with Gasteiger partial charge in [0.2, 0.25) is 11.8 Å². The number of hydrogen-bond donors (Lipinski definition) is 3. The van der Waals surface area contributed by atoms with Crippen molar-refractivity contribution in [1.82, 2.24) is 15.2 Å². The minimum Gasteiger partial charge on any atom is -0.383 e. The summed E-state index contributed by atoms with van der Waals surface area (Å²) in [5.74, 6) is -1.46. The SMILES string of the molecule is CC(NC(=O)C[C@@H](O)C(=O)N1CCCC1c1cccc(Cl)c1)c1ccc(-c2ccccc2C(N)=O)cn1. The molecule has 0 aliphatic carbocycles. The van der Waals surface area contributed by atoms with Gasteiger partial charge in [0, 0.05) is 28.9 Å². The van der Waals surface area contributed by atoms with Crippen molar-refractivity contribution in [2.45, 2.75) is 44.4 Å². The third-order valence-electron chi connectivity index (χ3n) is 6.54. The molecule has 37 heavy (non-hydrogen) atoms. The van der Waals surface area contributed by atoms with Gasteiger partial charge in [-0.1, -0.05) is 48.0 Å². The summed E-state index contributed by atoms with van der Waals surface area (Å²) in [7, 11) is 0. The topological polar surface area (TPSA) is 126 Å². The summed E-state index contributed by atoms with van der Waals surface area (Å²) in [6.45, 7) is 2.28. The number of likely N-dealkylation sites (tertiary alicyclic amines) is 1. The maximum atomic E-state index is 13.0. The van der Waals surface area contributed by atoms with Crippen LogP contribution in [0.25, 0.3) is 11.1 Å². The summed E-state index contributed by atoms with van der Waals surface area (Å²) in [5.41, 5.74) is 8.76. The Kier molecular flexibility index (Phi) is 8.21. The molecule has 0 radical (unpaired) electrons. The van der Waals surface area contributed by atoms with E-state index < -0.39 is 29.9 Å². The van der Waals surface area contributed by atoms with Gasteiger partial charge in [0.1, 0.15) is 6.10 Å². The molecule has 2 heterocycles. The quantitative estimate of drug-likeness (QED) is 0.416. The molecule has 1 fully saturated rings. The molecule has 192 valence electrons. The summed E-state index contributed by atoms with van der Waals surface area (Å²) in [4.78, 5) is 43.4. The Balaban J connectivity index is 1.36. The van der Waals surface area contributed by atoms with Gasteiger partial charge in [-0.3, -0.25) is 19.4 Å². The van der Waals surface area contributed by atoms with E-state index in [0.29, 0.717) is 28.4 Å². The highest BCUT2D eigenvalue weighted by atomic mass is 35.5. The molecule has 3 atom stereocenters. The minimum atomic E-state index is -1.45. The van der Waals surface area contributed by atoms with Gasteiger partial charge in [0.25, 0.3) is 5.91 Å². The number of nitrogens with one attached hydrogen (secondary N) is 1. The lowest BCUT2D eigenvalue weighted by Gasteiger charge is -2.27. The largest absolute Gasteiger partial charge is 0.383 e. The van der Waals surface area contributed by atoms with Crippen LogP contribution in [0.2, 0.25) is 5.02 Å². The number of carbonyl (C=O) groups excluding carboxylic acids is 3. The highest BCUT2D eigenvalue weighted by Crippen LogP contribution is 2.33. The maximum absolute atomic E-state index is 13.0. The lowest BCUT2D eigenvalue weighted by Crippen LogP contribution is -2.41. The van der Waals surface area contributed by atoms with Gasteiger partial charge < -0.3 is 21.1 Å².